The van der Waals surface area contributed by atoms with Crippen LogP contribution < -0.4 is 10.2 Å². The molecule has 2 fully saturated rings. The van der Waals surface area contributed by atoms with Gasteiger partial charge in [0.05, 0.1) is 11.8 Å². The zero-order valence-corrected chi connectivity index (χ0v) is 16.9. The van der Waals surface area contributed by atoms with Gasteiger partial charge in [-0.2, -0.15) is 5.26 Å². The number of carbonyl (C=O) groups is 1. The molecular formula is C21H28ClFN4O. The van der Waals surface area contributed by atoms with Crippen LogP contribution >= 0.6 is 11.6 Å². The van der Waals surface area contributed by atoms with E-state index in [0.717, 1.165) is 58.4 Å². The molecule has 28 heavy (non-hydrogen) atoms. The molecule has 1 saturated heterocycles. The molecule has 0 radical (unpaired) electrons. The van der Waals surface area contributed by atoms with Crippen LogP contribution in [0.4, 0.5) is 10.1 Å². The van der Waals surface area contributed by atoms with E-state index in [1.807, 2.05) is 6.07 Å². The normalized spacial score (nSPS) is 23.2. The summed E-state index contributed by atoms with van der Waals surface area (Å²) in [5.74, 6) is 0.302. The monoisotopic (exact) mass is 406 g/mol. The maximum atomic E-state index is 14.1. The molecule has 1 aromatic rings. The highest BCUT2D eigenvalue weighted by atomic mass is 35.5. The summed E-state index contributed by atoms with van der Waals surface area (Å²) in [6.45, 7) is 4.63. The van der Waals surface area contributed by atoms with E-state index >= 15 is 0 Å². The lowest BCUT2D eigenvalue weighted by Gasteiger charge is -2.37. The molecule has 1 saturated carbocycles. The second kappa shape index (κ2) is 10.1. The molecule has 1 heterocycles. The number of nitriles is 1. The van der Waals surface area contributed by atoms with Gasteiger partial charge in [-0.1, -0.05) is 11.6 Å². The quantitative estimate of drug-likeness (QED) is 0.784. The summed E-state index contributed by atoms with van der Waals surface area (Å²) < 4.78 is 14.1. The summed E-state index contributed by atoms with van der Waals surface area (Å²) in [6.07, 6.45) is 5.40. The minimum Gasteiger partial charge on any atom is -0.367 e. The van der Waals surface area contributed by atoms with E-state index < -0.39 is 0 Å². The zero-order chi connectivity index (χ0) is 19.9. The topological polar surface area (TPSA) is 59.4 Å². The third kappa shape index (κ3) is 5.83. The zero-order valence-electron chi connectivity index (χ0n) is 16.2. The van der Waals surface area contributed by atoms with Gasteiger partial charge in [0.15, 0.2) is 0 Å². The Morgan fingerprint density at radius 3 is 2.57 bits per heavy atom. The third-order valence-corrected chi connectivity index (χ3v) is 6.16. The third-order valence-electron chi connectivity index (χ3n) is 5.93. The molecule has 1 aromatic carbocycles. The number of piperazine rings is 1. The standard InChI is InChI=1S/C21H28ClFN4O/c22-17-3-6-20(19(23)15-17)27-13-11-26(12-14-27)10-8-16-1-4-18(5-2-16)25-21(28)7-9-24/h3,6,15-16,18H,1-2,4-5,7-8,10-14H2,(H,25,28). The fraction of sp³-hybridized carbons (Fsp3) is 0.619. The van der Waals surface area contributed by atoms with Crippen molar-refractivity contribution >= 4 is 23.2 Å². The van der Waals surface area contributed by atoms with Crippen LogP contribution in [-0.4, -0.2) is 49.6 Å². The molecule has 0 bridgehead atoms. The van der Waals surface area contributed by atoms with Crippen LogP contribution in [0.3, 0.4) is 0 Å². The van der Waals surface area contributed by atoms with Crippen LogP contribution in [0.25, 0.3) is 0 Å². The van der Waals surface area contributed by atoms with E-state index in [2.05, 4.69) is 15.1 Å². The van der Waals surface area contributed by atoms with Crippen LogP contribution in [0.15, 0.2) is 18.2 Å². The Bertz CT molecular complexity index is 707. The maximum Gasteiger partial charge on any atom is 0.234 e. The maximum absolute atomic E-state index is 14.1. The second-order valence-corrected chi connectivity index (χ2v) is 8.27. The molecule has 0 unspecified atom stereocenters. The second-order valence-electron chi connectivity index (χ2n) is 7.83. The molecule has 2 aliphatic rings. The minimum atomic E-state index is -0.250. The number of amides is 1. The van der Waals surface area contributed by atoms with E-state index in [0.29, 0.717) is 16.6 Å². The number of rotatable bonds is 6. The highest BCUT2D eigenvalue weighted by Gasteiger charge is 2.24. The predicted molar refractivity (Wildman–Crippen MR) is 109 cm³/mol. The van der Waals surface area contributed by atoms with Gasteiger partial charge in [-0.25, -0.2) is 4.39 Å². The smallest absolute Gasteiger partial charge is 0.234 e. The first kappa shape index (κ1) is 20.9. The number of hydrogen-bond donors (Lipinski definition) is 1. The van der Waals surface area contributed by atoms with Gasteiger partial charge >= 0.3 is 0 Å². The average molecular weight is 407 g/mol. The minimum absolute atomic E-state index is 0.0498. The molecule has 1 amide bonds. The van der Waals surface area contributed by atoms with Gasteiger partial charge < -0.3 is 10.2 Å². The number of halogens is 2. The fourth-order valence-corrected chi connectivity index (χ4v) is 4.42. The Labute approximate surface area is 171 Å². The largest absolute Gasteiger partial charge is 0.367 e. The van der Waals surface area contributed by atoms with E-state index in [1.54, 1.807) is 12.1 Å². The fourth-order valence-electron chi connectivity index (χ4n) is 4.26. The molecule has 0 spiro atoms. The van der Waals surface area contributed by atoms with Crippen LogP contribution in [0, 0.1) is 23.1 Å². The summed E-state index contributed by atoms with van der Waals surface area (Å²) in [7, 11) is 0. The SMILES string of the molecule is N#CCC(=O)NC1CCC(CCN2CCN(c3ccc(Cl)cc3F)CC2)CC1. The number of nitrogens with zero attached hydrogens (tertiary/aromatic N) is 3. The van der Waals surface area contributed by atoms with E-state index in [1.165, 1.54) is 12.5 Å². The number of carbonyl (C=O) groups excluding carboxylic acids is 1. The average Bonchev–Trinajstić information content (AvgIpc) is 2.68. The number of anilines is 1. The van der Waals surface area contributed by atoms with Crippen molar-refractivity contribution in [2.45, 2.75) is 44.6 Å². The molecule has 5 nitrogen and oxygen atoms in total. The van der Waals surface area contributed by atoms with E-state index in [9.17, 15) is 9.18 Å². The lowest BCUT2D eigenvalue weighted by molar-refractivity contribution is -0.121. The lowest BCUT2D eigenvalue weighted by atomic mass is 9.84. The summed E-state index contributed by atoms with van der Waals surface area (Å²) in [4.78, 5) is 16.1. The van der Waals surface area contributed by atoms with Gasteiger partial charge in [0, 0.05) is 37.2 Å². The van der Waals surface area contributed by atoms with Crippen LogP contribution in [0.5, 0.6) is 0 Å². The first-order valence-electron chi connectivity index (χ1n) is 10.1. The van der Waals surface area contributed by atoms with Crippen molar-refractivity contribution in [3.8, 4) is 6.07 Å². The Morgan fingerprint density at radius 1 is 1.21 bits per heavy atom. The van der Waals surface area contributed by atoms with Gasteiger partial charge in [-0.05, 0) is 62.8 Å². The van der Waals surface area contributed by atoms with Crippen molar-refractivity contribution in [1.82, 2.24) is 10.2 Å². The predicted octanol–water partition coefficient (Wildman–Crippen LogP) is 3.58. The summed E-state index contributed by atoms with van der Waals surface area (Å²) >= 11 is 5.84. The van der Waals surface area contributed by atoms with Crippen LogP contribution in [-0.2, 0) is 4.79 Å². The number of nitrogens with one attached hydrogen (secondary N) is 1. The highest BCUT2D eigenvalue weighted by Crippen LogP contribution is 2.28. The molecule has 0 aromatic heterocycles. The molecular weight excluding hydrogens is 379 g/mol. The van der Waals surface area contributed by atoms with Crippen molar-refractivity contribution in [1.29, 1.82) is 5.26 Å². The van der Waals surface area contributed by atoms with E-state index in [-0.39, 0.29) is 24.2 Å². The number of hydrogen-bond acceptors (Lipinski definition) is 4. The van der Waals surface area contributed by atoms with Crippen LogP contribution in [0.1, 0.15) is 38.5 Å². The Balaban J connectivity index is 1.35. The molecule has 1 aliphatic heterocycles. The molecule has 152 valence electrons. The van der Waals surface area contributed by atoms with Gasteiger partial charge in [0.2, 0.25) is 5.91 Å². The van der Waals surface area contributed by atoms with Gasteiger partial charge in [-0.3, -0.25) is 9.69 Å². The van der Waals surface area contributed by atoms with Crippen molar-refractivity contribution in [3.63, 3.8) is 0 Å². The summed E-state index contributed by atoms with van der Waals surface area (Å²) in [5, 5.41) is 12.0. The van der Waals surface area contributed by atoms with Gasteiger partial charge in [0.1, 0.15) is 12.2 Å². The first-order chi connectivity index (χ1) is 13.5. The summed E-state index contributed by atoms with van der Waals surface area (Å²) in [5.41, 5.74) is 0.640. The van der Waals surface area contributed by atoms with Gasteiger partial charge in [-0.15, -0.1) is 0 Å². The van der Waals surface area contributed by atoms with Crippen molar-refractivity contribution in [2.24, 2.45) is 5.92 Å². The molecule has 1 aliphatic carbocycles. The Morgan fingerprint density at radius 2 is 1.93 bits per heavy atom. The lowest BCUT2D eigenvalue weighted by Crippen LogP contribution is -2.47. The molecule has 1 N–H and O–H groups in total. The van der Waals surface area contributed by atoms with Gasteiger partial charge in [0.25, 0.3) is 0 Å². The van der Waals surface area contributed by atoms with Crippen molar-refractivity contribution < 1.29 is 9.18 Å². The highest BCUT2D eigenvalue weighted by molar-refractivity contribution is 6.30. The molecule has 3 rings (SSSR count). The van der Waals surface area contributed by atoms with E-state index in [4.69, 9.17) is 16.9 Å². The molecule has 7 heteroatoms. The summed E-state index contributed by atoms with van der Waals surface area (Å²) in [6, 6.07) is 7.01. The van der Waals surface area contributed by atoms with Crippen LogP contribution in [0.2, 0.25) is 5.02 Å². The molecule has 0 atom stereocenters. The van der Waals surface area contributed by atoms with Crippen molar-refractivity contribution in [3.05, 3.63) is 29.0 Å². The number of benzene rings is 1. The first-order valence-corrected chi connectivity index (χ1v) is 10.5. The Kier molecular flexibility index (Phi) is 7.52. The Hall–Kier alpha value is -1.84. The van der Waals surface area contributed by atoms with Crippen molar-refractivity contribution in [2.75, 3.05) is 37.6 Å².